The summed E-state index contributed by atoms with van der Waals surface area (Å²) >= 11 is 0. The van der Waals surface area contributed by atoms with Crippen molar-refractivity contribution in [3.63, 3.8) is 0 Å². The molecular formula is C19H20N2O2S. The number of hydrogen-bond acceptors (Lipinski definition) is 2. The van der Waals surface area contributed by atoms with Gasteiger partial charge in [0.15, 0.2) is 0 Å². The Morgan fingerprint density at radius 1 is 1.17 bits per heavy atom. The molecule has 3 aromatic rings. The highest BCUT2D eigenvalue weighted by atomic mass is 32.2. The molecule has 124 valence electrons. The van der Waals surface area contributed by atoms with Crippen molar-refractivity contribution in [3.8, 4) is 11.1 Å². The summed E-state index contributed by atoms with van der Waals surface area (Å²) < 4.78 is 26.7. The Morgan fingerprint density at radius 2 is 1.96 bits per heavy atom. The average Bonchev–Trinajstić information content (AvgIpc) is 3.35. The van der Waals surface area contributed by atoms with Crippen molar-refractivity contribution >= 4 is 20.9 Å². The predicted molar refractivity (Wildman–Crippen MR) is 97.3 cm³/mol. The first-order chi connectivity index (χ1) is 11.5. The zero-order chi connectivity index (χ0) is 16.7. The van der Waals surface area contributed by atoms with Crippen molar-refractivity contribution in [1.82, 2.24) is 9.71 Å². The maximum Gasteiger partial charge on any atom is 0.214 e. The highest BCUT2D eigenvalue weighted by Crippen LogP contribution is 2.29. The minimum absolute atomic E-state index is 0.185. The van der Waals surface area contributed by atoms with Crippen LogP contribution in [0.2, 0.25) is 0 Å². The summed E-state index contributed by atoms with van der Waals surface area (Å²) in [6, 6.07) is 14.6. The van der Waals surface area contributed by atoms with Crippen LogP contribution in [-0.2, 0) is 16.6 Å². The van der Waals surface area contributed by atoms with E-state index >= 15 is 0 Å². The van der Waals surface area contributed by atoms with Gasteiger partial charge < -0.3 is 4.98 Å². The summed E-state index contributed by atoms with van der Waals surface area (Å²) in [6.45, 7) is 2.44. The van der Waals surface area contributed by atoms with Crippen LogP contribution in [0.4, 0.5) is 0 Å². The molecule has 1 heterocycles. The van der Waals surface area contributed by atoms with Gasteiger partial charge in [-0.05, 0) is 48.1 Å². The Bertz CT molecular complexity index is 1000. The monoisotopic (exact) mass is 340 g/mol. The van der Waals surface area contributed by atoms with E-state index in [1.807, 2.05) is 18.3 Å². The van der Waals surface area contributed by atoms with Gasteiger partial charge in [0.2, 0.25) is 10.0 Å². The van der Waals surface area contributed by atoms with Crippen LogP contribution in [0.3, 0.4) is 0 Å². The van der Waals surface area contributed by atoms with Gasteiger partial charge in [-0.15, -0.1) is 0 Å². The van der Waals surface area contributed by atoms with Gasteiger partial charge in [0.25, 0.3) is 0 Å². The molecule has 1 aromatic heterocycles. The topological polar surface area (TPSA) is 62.0 Å². The van der Waals surface area contributed by atoms with Crippen LogP contribution >= 0.6 is 0 Å². The number of benzene rings is 2. The second kappa shape index (κ2) is 5.76. The second-order valence-electron chi connectivity index (χ2n) is 6.45. The minimum Gasteiger partial charge on any atom is -0.361 e. The molecular weight excluding hydrogens is 320 g/mol. The molecule has 0 spiro atoms. The third kappa shape index (κ3) is 2.85. The van der Waals surface area contributed by atoms with E-state index in [-0.39, 0.29) is 5.25 Å². The number of aromatic amines is 1. The summed E-state index contributed by atoms with van der Waals surface area (Å²) in [6.07, 6.45) is 3.45. The van der Waals surface area contributed by atoms with Gasteiger partial charge in [0.1, 0.15) is 0 Å². The molecule has 5 heteroatoms. The van der Waals surface area contributed by atoms with Gasteiger partial charge >= 0.3 is 0 Å². The number of aromatic nitrogens is 1. The molecule has 1 fully saturated rings. The normalized spacial score (nSPS) is 15.0. The van der Waals surface area contributed by atoms with Gasteiger partial charge in [-0.2, -0.15) is 0 Å². The lowest BCUT2D eigenvalue weighted by Gasteiger charge is -2.07. The Kier molecular flexibility index (Phi) is 3.70. The number of hydrogen-bond donors (Lipinski definition) is 2. The van der Waals surface area contributed by atoms with Crippen molar-refractivity contribution in [1.29, 1.82) is 0 Å². The van der Waals surface area contributed by atoms with E-state index in [0.717, 1.165) is 34.9 Å². The lowest BCUT2D eigenvalue weighted by Crippen LogP contribution is -2.26. The molecule has 0 bridgehead atoms. The summed E-state index contributed by atoms with van der Waals surface area (Å²) in [5.74, 6) is 0. The van der Waals surface area contributed by atoms with Crippen molar-refractivity contribution in [2.45, 2.75) is 31.6 Å². The van der Waals surface area contributed by atoms with Crippen LogP contribution in [0.25, 0.3) is 22.0 Å². The maximum absolute atomic E-state index is 12.0. The first-order valence-corrected chi connectivity index (χ1v) is 9.74. The fraction of sp³-hybridized carbons (Fsp3) is 0.263. The van der Waals surface area contributed by atoms with Crippen LogP contribution in [0.15, 0.2) is 48.7 Å². The number of rotatable bonds is 5. The van der Waals surface area contributed by atoms with Crippen molar-refractivity contribution in [2.75, 3.05) is 0 Å². The average molecular weight is 340 g/mol. The molecule has 0 aliphatic heterocycles. The van der Waals surface area contributed by atoms with E-state index in [1.165, 1.54) is 11.1 Å². The first kappa shape index (κ1) is 15.4. The zero-order valence-corrected chi connectivity index (χ0v) is 14.4. The van der Waals surface area contributed by atoms with Crippen LogP contribution in [0.1, 0.15) is 24.0 Å². The molecule has 1 aliphatic rings. The summed E-state index contributed by atoms with van der Waals surface area (Å²) in [5, 5.41) is 0.876. The van der Waals surface area contributed by atoms with E-state index in [1.54, 1.807) is 0 Å². The number of nitrogens with one attached hydrogen (secondary N) is 2. The van der Waals surface area contributed by atoms with E-state index in [9.17, 15) is 8.42 Å². The molecule has 4 nitrogen and oxygen atoms in total. The van der Waals surface area contributed by atoms with E-state index < -0.39 is 10.0 Å². The van der Waals surface area contributed by atoms with Crippen LogP contribution in [0.5, 0.6) is 0 Å². The quantitative estimate of drug-likeness (QED) is 0.743. The molecule has 1 saturated carbocycles. The zero-order valence-electron chi connectivity index (χ0n) is 13.5. The van der Waals surface area contributed by atoms with Gasteiger partial charge in [-0.25, -0.2) is 13.1 Å². The molecule has 2 aromatic carbocycles. The van der Waals surface area contributed by atoms with Crippen LogP contribution in [-0.4, -0.2) is 18.7 Å². The molecule has 0 radical (unpaired) electrons. The Labute approximate surface area is 142 Å². The van der Waals surface area contributed by atoms with Crippen LogP contribution < -0.4 is 4.72 Å². The van der Waals surface area contributed by atoms with Crippen molar-refractivity contribution < 1.29 is 8.42 Å². The van der Waals surface area contributed by atoms with Gasteiger partial charge in [0, 0.05) is 23.6 Å². The maximum atomic E-state index is 12.0. The molecule has 4 rings (SSSR count). The molecule has 0 amide bonds. The molecule has 0 saturated heterocycles. The lowest BCUT2D eigenvalue weighted by atomic mass is 9.99. The highest BCUT2D eigenvalue weighted by molar-refractivity contribution is 7.90. The number of H-pyrrole nitrogens is 1. The summed E-state index contributed by atoms with van der Waals surface area (Å²) in [4.78, 5) is 3.26. The fourth-order valence-corrected chi connectivity index (χ4v) is 4.42. The SMILES string of the molecule is Cc1ccccc1-c1ccc2c(CNS(=O)(=O)C3CC3)c[nH]c2c1. The van der Waals surface area contributed by atoms with Gasteiger partial charge in [0.05, 0.1) is 5.25 Å². The number of fused-ring (bicyclic) bond motifs is 1. The predicted octanol–water partition coefficient (Wildman–Crippen LogP) is 3.73. The van der Waals surface area contributed by atoms with E-state index in [0.29, 0.717) is 6.54 Å². The number of sulfonamides is 1. The molecule has 0 atom stereocenters. The number of aryl methyl sites for hydroxylation is 1. The van der Waals surface area contributed by atoms with E-state index in [4.69, 9.17) is 0 Å². The lowest BCUT2D eigenvalue weighted by molar-refractivity contribution is 0.580. The second-order valence-corrected chi connectivity index (χ2v) is 8.50. The first-order valence-electron chi connectivity index (χ1n) is 8.19. The highest BCUT2D eigenvalue weighted by Gasteiger charge is 2.35. The summed E-state index contributed by atoms with van der Waals surface area (Å²) in [5.41, 5.74) is 5.61. The van der Waals surface area contributed by atoms with Crippen molar-refractivity contribution in [3.05, 3.63) is 59.8 Å². The van der Waals surface area contributed by atoms with Crippen molar-refractivity contribution in [2.24, 2.45) is 0 Å². The summed E-state index contributed by atoms with van der Waals surface area (Å²) in [7, 11) is -3.15. The van der Waals surface area contributed by atoms with Gasteiger partial charge in [-0.3, -0.25) is 0 Å². The largest absolute Gasteiger partial charge is 0.361 e. The van der Waals surface area contributed by atoms with Gasteiger partial charge in [-0.1, -0.05) is 36.4 Å². The van der Waals surface area contributed by atoms with Crippen LogP contribution in [0, 0.1) is 6.92 Å². The smallest absolute Gasteiger partial charge is 0.214 e. The van der Waals surface area contributed by atoms with E-state index in [2.05, 4.69) is 47.0 Å². The third-order valence-electron chi connectivity index (χ3n) is 4.65. The molecule has 24 heavy (non-hydrogen) atoms. The standard InChI is InChI=1S/C19H20N2O2S/c1-13-4-2-3-5-17(13)14-6-9-18-15(11-20-19(18)10-14)12-21-24(22,23)16-7-8-16/h2-6,9-11,16,20-21H,7-8,12H2,1H3. The Hall–Kier alpha value is -2.11. The minimum atomic E-state index is -3.15. The molecule has 1 aliphatic carbocycles. The third-order valence-corrected chi connectivity index (χ3v) is 6.55. The fourth-order valence-electron chi connectivity index (χ4n) is 3.07. The Balaban J connectivity index is 1.62. The Morgan fingerprint density at radius 3 is 2.71 bits per heavy atom. The molecule has 0 unspecified atom stereocenters. The molecule has 2 N–H and O–H groups in total.